The van der Waals surface area contributed by atoms with E-state index < -0.39 is 0 Å². The van der Waals surface area contributed by atoms with E-state index in [0.717, 1.165) is 0 Å². The Morgan fingerprint density at radius 1 is 0.586 bits per heavy atom. The zero-order valence-electron chi connectivity index (χ0n) is 15.6. The molecule has 1 unspecified atom stereocenters. The third kappa shape index (κ3) is 2.56. The van der Waals surface area contributed by atoms with E-state index in [2.05, 4.69) is 112 Å². The van der Waals surface area contributed by atoms with Gasteiger partial charge in [0, 0.05) is 31.6 Å². The molecule has 0 saturated carbocycles. The maximum absolute atomic E-state index is 3.81. The molecule has 0 fully saturated rings. The van der Waals surface area contributed by atoms with Crippen molar-refractivity contribution in [2.24, 2.45) is 0 Å². The number of thiophene rings is 1. The van der Waals surface area contributed by atoms with Crippen LogP contribution in [0.25, 0.3) is 32.3 Å². The van der Waals surface area contributed by atoms with Crippen LogP contribution in [-0.4, -0.2) is 0 Å². The van der Waals surface area contributed by atoms with Crippen molar-refractivity contribution in [3.8, 4) is 22.3 Å². The van der Waals surface area contributed by atoms with Gasteiger partial charge in [-0.15, -0.1) is 11.3 Å². The Balaban J connectivity index is 1.65. The molecule has 0 radical (unpaired) electrons. The number of fused-ring (bicyclic) bond motifs is 4. The van der Waals surface area contributed by atoms with Crippen molar-refractivity contribution >= 4 is 37.4 Å². The second kappa shape index (κ2) is 6.69. The van der Waals surface area contributed by atoms with Gasteiger partial charge in [-0.2, -0.15) is 0 Å². The first-order valence-electron chi connectivity index (χ1n) is 9.76. The lowest BCUT2D eigenvalue weighted by atomic mass is 9.84. The summed E-state index contributed by atoms with van der Waals surface area (Å²) in [5.74, 6) is 0.244. The maximum atomic E-state index is 3.81. The quantitative estimate of drug-likeness (QED) is 0.247. The monoisotopic (exact) mass is 452 g/mol. The second-order valence-electron chi connectivity index (χ2n) is 7.46. The van der Waals surface area contributed by atoms with Crippen molar-refractivity contribution < 1.29 is 0 Å². The molecule has 0 saturated heterocycles. The third-order valence-electron chi connectivity index (χ3n) is 5.94. The van der Waals surface area contributed by atoms with Gasteiger partial charge in [0.2, 0.25) is 0 Å². The molecule has 1 aliphatic rings. The first-order valence-corrected chi connectivity index (χ1v) is 11.4. The molecular weight excluding hydrogens is 436 g/mol. The van der Waals surface area contributed by atoms with Crippen LogP contribution in [0.5, 0.6) is 0 Å². The summed E-state index contributed by atoms with van der Waals surface area (Å²) in [6, 6.07) is 33.1. The summed E-state index contributed by atoms with van der Waals surface area (Å²) in [5.41, 5.74) is 9.48. The summed E-state index contributed by atoms with van der Waals surface area (Å²) in [6.45, 7) is 0. The van der Waals surface area contributed by atoms with Crippen LogP contribution in [0.4, 0.5) is 0 Å². The van der Waals surface area contributed by atoms with Gasteiger partial charge in [-0.05, 0) is 45.3 Å². The van der Waals surface area contributed by atoms with Gasteiger partial charge < -0.3 is 0 Å². The third-order valence-corrected chi connectivity index (χ3v) is 7.57. The van der Waals surface area contributed by atoms with Crippen LogP contribution in [0.1, 0.15) is 22.6 Å². The van der Waals surface area contributed by atoms with Crippen LogP contribution in [0.15, 0.2) is 101 Å². The highest BCUT2D eigenvalue weighted by atomic mass is 79.9. The van der Waals surface area contributed by atoms with E-state index in [4.69, 9.17) is 0 Å². The van der Waals surface area contributed by atoms with Crippen LogP contribution >= 0.6 is 27.3 Å². The van der Waals surface area contributed by atoms with Crippen LogP contribution in [0.2, 0.25) is 0 Å². The molecule has 0 N–H and O–H groups in total. The summed E-state index contributed by atoms with van der Waals surface area (Å²) >= 11 is 5.63. The SMILES string of the molecule is Brc1cccc2c1-c1ccccc1C2c1ccccc1-c1csc2ccccc12. The molecule has 1 heterocycles. The van der Waals surface area contributed by atoms with E-state index in [1.807, 2.05) is 11.3 Å². The molecule has 1 aliphatic carbocycles. The minimum atomic E-state index is 0.244. The van der Waals surface area contributed by atoms with Gasteiger partial charge in [0.1, 0.15) is 0 Å². The van der Waals surface area contributed by atoms with Gasteiger partial charge in [0.25, 0.3) is 0 Å². The Morgan fingerprint density at radius 2 is 1.24 bits per heavy atom. The molecule has 5 aromatic rings. The zero-order valence-corrected chi connectivity index (χ0v) is 18.0. The van der Waals surface area contributed by atoms with E-state index in [-0.39, 0.29) is 5.92 Å². The second-order valence-corrected chi connectivity index (χ2v) is 9.22. The Morgan fingerprint density at radius 3 is 2.10 bits per heavy atom. The maximum Gasteiger partial charge on any atom is 0.0358 e. The van der Waals surface area contributed by atoms with Crippen LogP contribution < -0.4 is 0 Å². The van der Waals surface area contributed by atoms with Gasteiger partial charge in [0.05, 0.1) is 0 Å². The van der Waals surface area contributed by atoms with E-state index in [1.165, 1.54) is 53.5 Å². The lowest BCUT2D eigenvalue weighted by Crippen LogP contribution is -2.01. The number of halogens is 1. The number of benzene rings is 4. The zero-order chi connectivity index (χ0) is 19.4. The highest BCUT2D eigenvalue weighted by Gasteiger charge is 2.32. The molecule has 29 heavy (non-hydrogen) atoms. The summed E-state index contributed by atoms with van der Waals surface area (Å²) in [5, 5.41) is 3.65. The van der Waals surface area contributed by atoms with E-state index in [0.29, 0.717) is 0 Å². The predicted octanol–water partition coefficient (Wildman–Crippen LogP) is 8.49. The van der Waals surface area contributed by atoms with Crippen molar-refractivity contribution in [2.45, 2.75) is 5.92 Å². The van der Waals surface area contributed by atoms with Crippen molar-refractivity contribution in [2.75, 3.05) is 0 Å². The van der Waals surface area contributed by atoms with Gasteiger partial charge in [-0.25, -0.2) is 0 Å². The molecule has 4 aromatic carbocycles. The molecular formula is C27H17BrS. The fraction of sp³-hybridized carbons (Fsp3) is 0.0370. The molecule has 0 aliphatic heterocycles. The fourth-order valence-electron chi connectivity index (χ4n) is 4.72. The lowest BCUT2D eigenvalue weighted by molar-refractivity contribution is 1.02. The van der Waals surface area contributed by atoms with Crippen molar-refractivity contribution in [3.05, 3.63) is 118 Å². The van der Waals surface area contributed by atoms with Crippen LogP contribution in [0, 0.1) is 0 Å². The number of hydrogen-bond acceptors (Lipinski definition) is 1. The standard InChI is InChI=1S/C27H17BrS/c28-24-14-7-13-22-26(20-11-3-4-12-21(20)27(22)24)19-10-2-1-8-17(19)23-16-29-25-15-6-5-9-18(23)25/h1-16,26H. The average Bonchev–Trinajstić information content (AvgIpc) is 3.34. The van der Waals surface area contributed by atoms with Gasteiger partial charge in [0.15, 0.2) is 0 Å². The van der Waals surface area contributed by atoms with Gasteiger partial charge >= 0.3 is 0 Å². The Labute approximate surface area is 182 Å². The molecule has 0 nitrogen and oxygen atoms in total. The van der Waals surface area contributed by atoms with E-state index in [1.54, 1.807) is 0 Å². The van der Waals surface area contributed by atoms with Crippen molar-refractivity contribution in [3.63, 3.8) is 0 Å². The minimum absolute atomic E-state index is 0.244. The molecule has 0 spiro atoms. The normalized spacial score (nSPS) is 14.7. The number of hydrogen-bond donors (Lipinski definition) is 0. The van der Waals surface area contributed by atoms with Crippen LogP contribution in [0.3, 0.4) is 0 Å². The Kier molecular flexibility index (Phi) is 3.97. The van der Waals surface area contributed by atoms with Crippen molar-refractivity contribution in [1.82, 2.24) is 0 Å². The molecule has 0 bridgehead atoms. The molecule has 0 amide bonds. The molecule has 6 rings (SSSR count). The average molecular weight is 453 g/mol. The lowest BCUT2D eigenvalue weighted by Gasteiger charge is -2.18. The van der Waals surface area contributed by atoms with Gasteiger partial charge in [-0.3, -0.25) is 0 Å². The first-order chi connectivity index (χ1) is 14.3. The molecule has 138 valence electrons. The Hall–Kier alpha value is -2.68. The fourth-order valence-corrected chi connectivity index (χ4v) is 6.28. The highest BCUT2D eigenvalue weighted by molar-refractivity contribution is 9.10. The summed E-state index contributed by atoms with van der Waals surface area (Å²) < 4.78 is 2.51. The van der Waals surface area contributed by atoms with Crippen LogP contribution in [-0.2, 0) is 0 Å². The summed E-state index contributed by atoms with van der Waals surface area (Å²) in [4.78, 5) is 0. The topological polar surface area (TPSA) is 0 Å². The van der Waals surface area contributed by atoms with E-state index >= 15 is 0 Å². The van der Waals surface area contributed by atoms with Gasteiger partial charge in [-0.1, -0.05) is 94.8 Å². The Bertz CT molecular complexity index is 1380. The first kappa shape index (κ1) is 17.2. The van der Waals surface area contributed by atoms with Crippen molar-refractivity contribution in [1.29, 1.82) is 0 Å². The largest absolute Gasteiger partial charge is 0.143 e. The minimum Gasteiger partial charge on any atom is -0.143 e. The molecule has 1 atom stereocenters. The highest BCUT2D eigenvalue weighted by Crippen LogP contribution is 2.52. The summed E-state index contributed by atoms with van der Waals surface area (Å²) in [7, 11) is 0. The molecule has 2 heteroatoms. The smallest absolute Gasteiger partial charge is 0.0358 e. The molecule has 1 aromatic heterocycles. The van der Waals surface area contributed by atoms with E-state index in [9.17, 15) is 0 Å². The number of rotatable bonds is 2. The summed E-state index contributed by atoms with van der Waals surface area (Å²) in [6.07, 6.45) is 0. The predicted molar refractivity (Wildman–Crippen MR) is 128 cm³/mol.